The Labute approximate surface area is 147 Å². The van der Waals surface area contributed by atoms with Crippen LogP contribution in [0.5, 0.6) is 0 Å². The van der Waals surface area contributed by atoms with Crippen molar-refractivity contribution in [3.05, 3.63) is 64.7 Å². The number of carbonyl (C=O) groups excluding carboxylic acids is 1. The Morgan fingerprint density at radius 3 is 2.48 bits per heavy atom. The molecule has 2 aromatic carbocycles. The number of benzene rings is 2. The minimum Gasteiger partial charge on any atom is -0.301 e. The second-order valence-corrected chi connectivity index (χ2v) is 6.16. The number of aliphatic imine (C=N–C) groups is 1. The lowest BCUT2D eigenvalue weighted by Gasteiger charge is -2.25. The molecule has 130 valence electrons. The average Bonchev–Trinajstić information content (AvgIpc) is 2.65. The predicted octanol–water partition coefficient (Wildman–Crippen LogP) is 4.47. The van der Waals surface area contributed by atoms with E-state index in [0.717, 1.165) is 4.90 Å². The Kier molecular flexibility index (Phi) is 4.56. The number of anilines is 1. The number of nitrogens with zero attached hydrogens (tertiary/aromatic N) is 2. The maximum absolute atomic E-state index is 13.0. The predicted molar refractivity (Wildman–Crippen MR) is 91.4 cm³/mol. The minimum atomic E-state index is -4.52. The first kappa shape index (κ1) is 17.5. The molecule has 0 radical (unpaired) electrons. The molecule has 0 saturated carbocycles. The van der Waals surface area contributed by atoms with Gasteiger partial charge in [0.15, 0.2) is 0 Å². The van der Waals surface area contributed by atoms with Gasteiger partial charge in [-0.3, -0.25) is 9.79 Å². The molecule has 25 heavy (non-hydrogen) atoms. The van der Waals surface area contributed by atoms with E-state index >= 15 is 0 Å². The van der Waals surface area contributed by atoms with Crippen LogP contribution < -0.4 is 4.90 Å². The molecular formula is C18H14ClF3N2O. The Bertz CT molecular complexity index is 834. The number of amides is 1. The molecule has 1 heterocycles. The number of rotatable bonds is 2. The number of halogens is 4. The SMILES string of the molecule is CC1N=C(c2ccccc2)c2cc(Cl)ccc2N(CC(F)(F)F)C1=O. The van der Waals surface area contributed by atoms with Gasteiger partial charge in [0.2, 0.25) is 0 Å². The highest BCUT2D eigenvalue weighted by molar-refractivity contribution is 6.32. The van der Waals surface area contributed by atoms with Crippen LogP contribution in [0.25, 0.3) is 0 Å². The maximum atomic E-state index is 13.0. The fraction of sp³-hybridized carbons (Fsp3) is 0.222. The van der Waals surface area contributed by atoms with Crippen molar-refractivity contribution in [1.29, 1.82) is 0 Å². The molecule has 7 heteroatoms. The fourth-order valence-electron chi connectivity index (χ4n) is 2.76. The molecule has 1 atom stereocenters. The Balaban J connectivity index is 2.22. The highest BCUT2D eigenvalue weighted by Crippen LogP contribution is 2.33. The third-order valence-electron chi connectivity index (χ3n) is 3.84. The number of hydrogen-bond donors (Lipinski definition) is 0. The maximum Gasteiger partial charge on any atom is 0.406 e. The monoisotopic (exact) mass is 366 g/mol. The highest BCUT2D eigenvalue weighted by Gasteiger charge is 2.38. The largest absolute Gasteiger partial charge is 0.406 e. The van der Waals surface area contributed by atoms with Crippen LogP contribution in [-0.2, 0) is 4.79 Å². The van der Waals surface area contributed by atoms with Crippen LogP contribution in [0.15, 0.2) is 53.5 Å². The molecule has 1 aliphatic heterocycles. The summed E-state index contributed by atoms with van der Waals surface area (Å²) < 4.78 is 39.0. The molecular weight excluding hydrogens is 353 g/mol. The van der Waals surface area contributed by atoms with Crippen molar-refractivity contribution in [2.24, 2.45) is 4.99 Å². The molecule has 0 bridgehead atoms. The van der Waals surface area contributed by atoms with Gasteiger partial charge in [0.1, 0.15) is 12.6 Å². The molecule has 0 aromatic heterocycles. The summed E-state index contributed by atoms with van der Waals surface area (Å²) in [5.41, 5.74) is 1.71. The van der Waals surface area contributed by atoms with Crippen LogP contribution in [0.4, 0.5) is 18.9 Å². The fourth-order valence-corrected chi connectivity index (χ4v) is 2.94. The van der Waals surface area contributed by atoms with Gasteiger partial charge < -0.3 is 4.90 Å². The van der Waals surface area contributed by atoms with E-state index in [1.165, 1.54) is 25.1 Å². The van der Waals surface area contributed by atoms with E-state index in [4.69, 9.17) is 11.6 Å². The zero-order chi connectivity index (χ0) is 18.2. The van der Waals surface area contributed by atoms with Crippen LogP contribution in [0.2, 0.25) is 5.02 Å². The topological polar surface area (TPSA) is 32.7 Å². The lowest BCUT2D eigenvalue weighted by Crippen LogP contribution is -2.42. The van der Waals surface area contributed by atoms with E-state index in [-0.39, 0.29) is 5.69 Å². The Morgan fingerprint density at radius 2 is 1.84 bits per heavy atom. The Hall–Kier alpha value is -2.34. The van der Waals surface area contributed by atoms with Crippen molar-refractivity contribution in [2.45, 2.75) is 19.1 Å². The van der Waals surface area contributed by atoms with E-state index in [1.54, 1.807) is 24.3 Å². The summed E-state index contributed by atoms with van der Waals surface area (Å²) >= 11 is 6.06. The van der Waals surface area contributed by atoms with E-state index in [0.29, 0.717) is 21.9 Å². The summed E-state index contributed by atoms with van der Waals surface area (Å²) in [4.78, 5) is 17.7. The molecule has 1 unspecified atom stereocenters. The van der Waals surface area contributed by atoms with Gasteiger partial charge in [0, 0.05) is 16.1 Å². The van der Waals surface area contributed by atoms with Crippen LogP contribution in [0.3, 0.4) is 0 Å². The molecule has 0 N–H and O–H groups in total. The third kappa shape index (κ3) is 3.69. The van der Waals surface area contributed by atoms with Crippen molar-refractivity contribution in [2.75, 3.05) is 11.4 Å². The molecule has 2 aromatic rings. The van der Waals surface area contributed by atoms with Crippen molar-refractivity contribution >= 4 is 28.9 Å². The van der Waals surface area contributed by atoms with Crippen molar-refractivity contribution < 1.29 is 18.0 Å². The molecule has 0 aliphatic carbocycles. The molecule has 1 aliphatic rings. The van der Waals surface area contributed by atoms with Crippen LogP contribution in [0.1, 0.15) is 18.1 Å². The summed E-state index contributed by atoms with van der Waals surface area (Å²) in [5, 5.41) is 0.358. The first-order chi connectivity index (χ1) is 11.8. The van der Waals surface area contributed by atoms with Crippen molar-refractivity contribution in [3.8, 4) is 0 Å². The van der Waals surface area contributed by atoms with Gasteiger partial charge in [-0.2, -0.15) is 13.2 Å². The van der Waals surface area contributed by atoms with Crippen LogP contribution >= 0.6 is 11.6 Å². The normalized spacial score (nSPS) is 17.8. The summed E-state index contributed by atoms with van der Waals surface area (Å²) in [7, 11) is 0. The van der Waals surface area contributed by atoms with Crippen LogP contribution in [0, 0.1) is 0 Å². The van der Waals surface area contributed by atoms with Crippen LogP contribution in [-0.4, -0.2) is 30.4 Å². The minimum absolute atomic E-state index is 0.152. The molecule has 3 nitrogen and oxygen atoms in total. The lowest BCUT2D eigenvalue weighted by molar-refractivity contribution is -0.132. The zero-order valence-corrected chi connectivity index (χ0v) is 14.0. The van der Waals surface area contributed by atoms with E-state index < -0.39 is 24.7 Å². The van der Waals surface area contributed by atoms with E-state index in [2.05, 4.69) is 4.99 Å². The second-order valence-electron chi connectivity index (χ2n) is 5.72. The molecule has 1 amide bonds. The summed E-state index contributed by atoms with van der Waals surface area (Å²) in [5.74, 6) is -0.702. The van der Waals surface area contributed by atoms with Gasteiger partial charge in [-0.1, -0.05) is 41.9 Å². The number of benzodiazepines with no additional fused rings is 1. The zero-order valence-electron chi connectivity index (χ0n) is 13.2. The highest BCUT2D eigenvalue weighted by atomic mass is 35.5. The molecule has 3 rings (SSSR count). The number of fused-ring (bicyclic) bond motifs is 1. The van der Waals surface area contributed by atoms with Gasteiger partial charge in [-0.25, -0.2) is 0 Å². The average molecular weight is 367 g/mol. The van der Waals surface area contributed by atoms with Gasteiger partial charge in [-0.15, -0.1) is 0 Å². The molecule has 0 spiro atoms. The number of alkyl halides is 3. The van der Waals surface area contributed by atoms with Crippen molar-refractivity contribution in [3.63, 3.8) is 0 Å². The van der Waals surface area contributed by atoms with Gasteiger partial charge in [-0.05, 0) is 25.1 Å². The summed E-state index contributed by atoms with van der Waals surface area (Å²) in [6.45, 7) is 0.116. The van der Waals surface area contributed by atoms with E-state index in [9.17, 15) is 18.0 Å². The summed E-state index contributed by atoms with van der Waals surface area (Å²) in [6.07, 6.45) is -4.52. The molecule has 0 fully saturated rings. The van der Waals surface area contributed by atoms with Gasteiger partial charge >= 0.3 is 6.18 Å². The number of carbonyl (C=O) groups is 1. The lowest BCUT2D eigenvalue weighted by atomic mass is 10.00. The quantitative estimate of drug-likeness (QED) is 0.771. The summed E-state index contributed by atoms with van der Waals surface area (Å²) in [6, 6.07) is 12.5. The van der Waals surface area contributed by atoms with E-state index in [1.807, 2.05) is 6.07 Å². The third-order valence-corrected chi connectivity index (χ3v) is 4.07. The second kappa shape index (κ2) is 6.52. The van der Waals surface area contributed by atoms with Gasteiger partial charge in [0.25, 0.3) is 5.91 Å². The number of hydrogen-bond acceptors (Lipinski definition) is 2. The van der Waals surface area contributed by atoms with Gasteiger partial charge in [0.05, 0.1) is 11.4 Å². The first-order valence-corrected chi connectivity index (χ1v) is 7.95. The first-order valence-electron chi connectivity index (χ1n) is 7.57. The van der Waals surface area contributed by atoms with Crippen molar-refractivity contribution in [1.82, 2.24) is 0 Å². The molecule has 0 saturated heterocycles. The standard InChI is InChI=1S/C18H14ClF3N2O/c1-11-17(25)24(10-18(20,21)22)15-8-7-13(19)9-14(15)16(23-11)12-5-3-2-4-6-12/h2-9,11H,10H2,1H3. The smallest absolute Gasteiger partial charge is 0.301 e. The Morgan fingerprint density at radius 1 is 1.16 bits per heavy atom.